The Hall–Kier alpha value is -1.32. The van der Waals surface area contributed by atoms with Crippen LogP contribution in [-0.4, -0.2) is 60.9 Å². The molecule has 168 valence electrons. The summed E-state index contributed by atoms with van der Waals surface area (Å²) in [6.07, 6.45) is 2.77. The smallest absolute Gasteiger partial charge is 0.328 e. The number of nitrogens with one attached hydrogen (secondary N) is 3. The van der Waals surface area contributed by atoms with Gasteiger partial charge in [-0.15, -0.1) is 0 Å². The van der Waals surface area contributed by atoms with Crippen molar-refractivity contribution in [1.82, 2.24) is 16.0 Å². The van der Waals surface area contributed by atoms with Gasteiger partial charge in [-0.1, -0.05) is 40.5 Å². The van der Waals surface area contributed by atoms with Crippen LogP contribution in [-0.2, 0) is 19.1 Å². The van der Waals surface area contributed by atoms with E-state index in [0.717, 1.165) is 6.42 Å². The molecule has 1 aliphatic rings. The van der Waals surface area contributed by atoms with Gasteiger partial charge in [-0.2, -0.15) is 12.6 Å². The molecule has 0 bridgehead atoms. The van der Waals surface area contributed by atoms with Gasteiger partial charge >= 0.3 is 5.97 Å². The standard InChI is InChI=1S/C20H38N4O4S/c1-5-12(3)16(22-10-14(21)11-29)18(25)24-17(13(4)6-2)19(26)23-15-8-7-9-28-20(15)27/h12-17,22,29H,5-11,21H2,1-4H3,(H,23,26)(H,24,25)/t12-,13-,14+,15-,16-,17-/m0/s1. The Morgan fingerprint density at radius 3 is 2.34 bits per heavy atom. The molecule has 1 saturated heterocycles. The Morgan fingerprint density at radius 1 is 1.17 bits per heavy atom. The number of cyclic esters (lactones) is 1. The van der Waals surface area contributed by atoms with E-state index in [2.05, 4.69) is 28.6 Å². The van der Waals surface area contributed by atoms with Gasteiger partial charge in [0, 0.05) is 18.3 Å². The van der Waals surface area contributed by atoms with Crippen LogP contribution in [0.25, 0.3) is 0 Å². The first-order valence-corrected chi connectivity index (χ1v) is 11.2. The van der Waals surface area contributed by atoms with Crippen LogP contribution in [0.3, 0.4) is 0 Å². The molecule has 0 aromatic rings. The summed E-state index contributed by atoms with van der Waals surface area (Å²) in [5.74, 6) is -0.522. The van der Waals surface area contributed by atoms with Gasteiger partial charge in [0.1, 0.15) is 12.1 Å². The molecule has 9 heteroatoms. The van der Waals surface area contributed by atoms with Crippen LogP contribution in [0.2, 0.25) is 0 Å². The maximum Gasteiger partial charge on any atom is 0.328 e. The van der Waals surface area contributed by atoms with E-state index >= 15 is 0 Å². The molecule has 1 rings (SSSR count). The summed E-state index contributed by atoms with van der Waals surface area (Å²) in [5, 5.41) is 8.87. The molecule has 29 heavy (non-hydrogen) atoms. The molecule has 1 fully saturated rings. The number of carbonyl (C=O) groups is 3. The molecular weight excluding hydrogens is 392 g/mol. The fourth-order valence-electron chi connectivity index (χ4n) is 3.15. The maximum absolute atomic E-state index is 13.0. The Bertz CT molecular complexity index is 549. The minimum absolute atomic E-state index is 0.0658. The van der Waals surface area contributed by atoms with Crippen LogP contribution in [0.1, 0.15) is 53.4 Å². The van der Waals surface area contributed by atoms with E-state index in [0.29, 0.717) is 38.2 Å². The van der Waals surface area contributed by atoms with Crippen molar-refractivity contribution < 1.29 is 19.1 Å². The number of amides is 2. The second kappa shape index (κ2) is 13.1. The summed E-state index contributed by atoms with van der Waals surface area (Å²) in [7, 11) is 0. The lowest BCUT2D eigenvalue weighted by Gasteiger charge is -2.30. The van der Waals surface area contributed by atoms with Crippen molar-refractivity contribution in [2.24, 2.45) is 17.6 Å². The SMILES string of the molecule is CC[C@H](C)[C@H](NC[C@@H](N)CS)C(=O)N[C@H](C(=O)N[C@H]1CCCOC1=O)[C@@H](C)CC. The molecule has 0 radical (unpaired) electrons. The summed E-state index contributed by atoms with van der Waals surface area (Å²) >= 11 is 4.18. The van der Waals surface area contributed by atoms with E-state index in [4.69, 9.17) is 10.5 Å². The number of hydrogen-bond acceptors (Lipinski definition) is 7. The van der Waals surface area contributed by atoms with Crippen molar-refractivity contribution in [3.8, 4) is 0 Å². The molecule has 6 atom stereocenters. The number of esters is 1. The van der Waals surface area contributed by atoms with Crippen molar-refractivity contribution in [2.45, 2.75) is 77.5 Å². The maximum atomic E-state index is 13.0. The Morgan fingerprint density at radius 2 is 1.79 bits per heavy atom. The summed E-state index contributed by atoms with van der Waals surface area (Å²) in [5.41, 5.74) is 5.92. The molecule has 1 heterocycles. The normalized spacial score (nSPS) is 22.0. The topological polar surface area (TPSA) is 123 Å². The molecule has 8 nitrogen and oxygen atoms in total. The summed E-state index contributed by atoms with van der Waals surface area (Å²) in [6, 6.07) is -2.01. The average Bonchev–Trinajstić information content (AvgIpc) is 2.72. The molecule has 0 aliphatic carbocycles. The second-order valence-corrected chi connectivity index (χ2v) is 8.32. The fraction of sp³-hybridized carbons (Fsp3) is 0.850. The van der Waals surface area contributed by atoms with Crippen LogP contribution in [0.4, 0.5) is 0 Å². The molecule has 5 N–H and O–H groups in total. The van der Waals surface area contributed by atoms with E-state index < -0.39 is 24.1 Å². The quantitative estimate of drug-likeness (QED) is 0.228. The predicted octanol–water partition coefficient (Wildman–Crippen LogP) is 0.601. The van der Waals surface area contributed by atoms with Crippen LogP contribution < -0.4 is 21.7 Å². The van der Waals surface area contributed by atoms with Gasteiger partial charge in [0.25, 0.3) is 0 Å². The van der Waals surface area contributed by atoms with Gasteiger partial charge in [-0.05, 0) is 24.7 Å². The number of hydrogen-bond donors (Lipinski definition) is 5. The molecule has 0 spiro atoms. The van der Waals surface area contributed by atoms with Crippen molar-refractivity contribution in [3.05, 3.63) is 0 Å². The Labute approximate surface area is 179 Å². The summed E-state index contributed by atoms with van der Waals surface area (Å²) in [6.45, 7) is 8.71. The molecule has 0 unspecified atom stereocenters. The molecule has 0 aromatic heterocycles. The zero-order chi connectivity index (χ0) is 22.0. The van der Waals surface area contributed by atoms with Crippen molar-refractivity contribution in [2.75, 3.05) is 18.9 Å². The van der Waals surface area contributed by atoms with Gasteiger partial charge in [0.05, 0.1) is 12.6 Å². The van der Waals surface area contributed by atoms with E-state index in [1.807, 2.05) is 27.7 Å². The Kier molecular flexibility index (Phi) is 11.6. The third-order valence-corrected chi connectivity index (χ3v) is 6.07. The number of carbonyl (C=O) groups excluding carboxylic acids is 3. The lowest BCUT2D eigenvalue weighted by molar-refractivity contribution is -0.152. The number of rotatable bonds is 12. The van der Waals surface area contributed by atoms with Crippen molar-refractivity contribution >= 4 is 30.4 Å². The van der Waals surface area contributed by atoms with Crippen LogP contribution in [0.15, 0.2) is 0 Å². The monoisotopic (exact) mass is 430 g/mol. The van der Waals surface area contributed by atoms with E-state index in [-0.39, 0.29) is 29.7 Å². The number of nitrogens with two attached hydrogens (primary N) is 1. The van der Waals surface area contributed by atoms with Gasteiger partial charge in [0.15, 0.2) is 0 Å². The van der Waals surface area contributed by atoms with E-state index in [9.17, 15) is 14.4 Å². The molecular formula is C20H38N4O4S. The van der Waals surface area contributed by atoms with Gasteiger partial charge in [0.2, 0.25) is 11.8 Å². The predicted molar refractivity (Wildman–Crippen MR) is 117 cm³/mol. The molecule has 0 aromatic carbocycles. The highest BCUT2D eigenvalue weighted by Crippen LogP contribution is 2.14. The largest absolute Gasteiger partial charge is 0.464 e. The first-order chi connectivity index (χ1) is 13.7. The highest BCUT2D eigenvalue weighted by Gasteiger charge is 2.34. The molecule has 2 amide bonds. The van der Waals surface area contributed by atoms with Gasteiger partial charge in [-0.3, -0.25) is 9.59 Å². The van der Waals surface area contributed by atoms with E-state index in [1.165, 1.54) is 0 Å². The minimum atomic E-state index is -0.728. The lowest BCUT2D eigenvalue weighted by Crippen LogP contribution is -2.59. The first-order valence-electron chi connectivity index (χ1n) is 10.6. The molecule has 1 aliphatic heterocycles. The van der Waals surface area contributed by atoms with Crippen LogP contribution in [0.5, 0.6) is 0 Å². The highest BCUT2D eigenvalue weighted by atomic mass is 32.1. The fourth-order valence-corrected chi connectivity index (χ4v) is 3.28. The minimum Gasteiger partial charge on any atom is -0.464 e. The number of thiol groups is 1. The third kappa shape index (κ3) is 8.14. The highest BCUT2D eigenvalue weighted by molar-refractivity contribution is 7.80. The zero-order valence-electron chi connectivity index (χ0n) is 18.1. The van der Waals surface area contributed by atoms with Gasteiger partial charge < -0.3 is 26.4 Å². The zero-order valence-corrected chi connectivity index (χ0v) is 19.0. The van der Waals surface area contributed by atoms with Gasteiger partial charge in [-0.25, -0.2) is 4.79 Å². The van der Waals surface area contributed by atoms with Crippen molar-refractivity contribution in [1.29, 1.82) is 0 Å². The van der Waals surface area contributed by atoms with Crippen LogP contribution >= 0.6 is 12.6 Å². The second-order valence-electron chi connectivity index (χ2n) is 7.96. The first kappa shape index (κ1) is 25.7. The van der Waals surface area contributed by atoms with Crippen LogP contribution in [0, 0.1) is 11.8 Å². The Balaban J connectivity index is 2.85. The van der Waals surface area contributed by atoms with Crippen molar-refractivity contribution in [3.63, 3.8) is 0 Å². The summed E-state index contributed by atoms with van der Waals surface area (Å²) in [4.78, 5) is 37.8. The summed E-state index contributed by atoms with van der Waals surface area (Å²) < 4.78 is 5.02. The van der Waals surface area contributed by atoms with E-state index in [1.54, 1.807) is 0 Å². The number of ether oxygens (including phenoxy) is 1. The lowest BCUT2D eigenvalue weighted by atomic mass is 9.94. The third-order valence-electron chi connectivity index (χ3n) is 5.61. The average molecular weight is 431 g/mol. The molecule has 0 saturated carbocycles.